The number of benzene rings is 2. The average molecular weight is 468 g/mol. The number of halogens is 3. The Bertz CT molecular complexity index is 1360. The molecule has 0 aliphatic carbocycles. The molecule has 7 nitrogen and oxygen atoms in total. The largest absolute Gasteiger partial charge is 0.492 e. The van der Waals surface area contributed by atoms with Crippen molar-refractivity contribution in [3.05, 3.63) is 77.9 Å². The first-order valence-electron chi connectivity index (χ1n) is 10.2. The van der Waals surface area contributed by atoms with E-state index in [1.807, 2.05) is 7.05 Å². The Balaban J connectivity index is 1.68. The van der Waals surface area contributed by atoms with Crippen LogP contribution in [0.5, 0.6) is 17.2 Å². The lowest BCUT2D eigenvalue weighted by atomic mass is 10.0. The fourth-order valence-electron chi connectivity index (χ4n) is 3.31. The number of amides is 1. The maximum Gasteiger partial charge on any atom is 0.250 e. The number of pyridine rings is 2. The number of rotatable bonds is 8. The van der Waals surface area contributed by atoms with Crippen LogP contribution in [0.25, 0.3) is 22.2 Å². The lowest BCUT2D eigenvalue weighted by Crippen LogP contribution is -2.15. The van der Waals surface area contributed by atoms with Crippen molar-refractivity contribution in [2.45, 2.75) is 0 Å². The van der Waals surface area contributed by atoms with Crippen molar-refractivity contribution in [3.63, 3.8) is 0 Å². The molecule has 2 aromatic carbocycles. The molecule has 0 fully saturated rings. The maximum absolute atomic E-state index is 14.9. The molecule has 4 rings (SSSR count). The number of primary amides is 1. The van der Waals surface area contributed by atoms with Crippen LogP contribution in [-0.4, -0.2) is 36.1 Å². The lowest BCUT2D eigenvalue weighted by Gasteiger charge is -2.13. The molecule has 2 heterocycles. The van der Waals surface area contributed by atoms with Gasteiger partial charge >= 0.3 is 0 Å². The second-order valence-corrected chi connectivity index (χ2v) is 7.21. The summed E-state index contributed by atoms with van der Waals surface area (Å²) in [6.45, 7) is 1.12. The molecule has 2 aromatic heterocycles. The van der Waals surface area contributed by atoms with Crippen LogP contribution in [0.1, 0.15) is 10.4 Å². The van der Waals surface area contributed by atoms with Gasteiger partial charge in [0.25, 0.3) is 5.91 Å². The van der Waals surface area contributed by atoms with Crippen molar-refractivity contribution in [2.24, 2.45) is 5.73 Å². The third-order valence-corrected chi connectivity index (χ3v) is 4.91. The summed E-state index contributed by atoms with van der Waals surface area (Å²) in [5.41, 5.74) is 5.15. The van der Waals surface area contributed by atoms with E-state index in [2.05, 4.69) is 15.3 Å². The minimum atomic E-state index is -1.08. The van der Waals surface area contributed by atoms with Crippen molar-refractivity contribution in [1.29, 1.82) is 0 Å². The van der Waals surface area contributed by atoms with E-state index >= 15 is 0 Å². The molecule has 3 N–H and O–H groups in total. The number of hydrogen-bond donors (Lipinski definition) is 2. The first-order valence-corrected chi connectivity index (χ1v) is 10.2. The summed E-state index contributed by atoms with van der Waals surface area (Å²) in [6, 6.07) is 10.3. The minimum absolute atomic E-state index is 0.166. The summed E-state index contributed by atoms with van der Waals surface area (Å²) in [5.74, 6) is -3.93. The highest BCUT2D eigenvalue weighted by Crippen LogP contribution is 2.36. The van der Waals surface area contributed by atoms with Gasteiger partial charge in [-0.1, -0.05) is 0 Å². The molecule has 0 unspecified atom stereocenters. The van der Waals surface area contributed by atoms with Crippen LogP contribution in [0.3, 0.4) is 0 Å². The number of hydrogen-bond acceptors (Lipinski definition) is 6. The maximum atomic E-state index is 14.9. The standard InChI is InChI=1S/C24H19F3N4O3/c1-29-8-9-33-14-2-3-15-19(12-14)30-7-6-20(15)34-23-17(25)10-13(11-18(23)26)22-16(24(28)32)4-5-21(27)31-22/h2-7,10-12,29H,8-9H2,1H3,(H2,28,32). The predicted molar refractivity (Wildman–Crippen MR) is 119 cm³/mol. The van der Waals surface area contributed by atoms with Gasteiger partial charge in [0, 0.05) is 29.8 Å². The number of fused-ring (bicyclic) bond motifs is 1. The second kappa shape index (κ2) is 9.75. The Morgan fingerprint density at radius 3 is 2.53 bits per heavy atom. The van der Waals surface area contributed by atoms with Crippen LogP contribution in [0.4, 0.5) is 13.2 Å². The Hall–Kier alpha value is -4.18. The summed E-state index contributed by atoms with van der Waals surface area (Å²) in [7, 11) is 1.81. The molecule has 10 heteroatoms. The predicted octanol–water partition coefficient (Wildman–Crippen LogP) is 4.20. The lowest BCUT2D eigenvalue weighted by molar-refractivity contribution is 0.100. The summed E-state index contributed by atoms with van der Waals surface area (Å²) in [5, 5.41) is 3.48. The number of nitrogens with zero attached hydrogens (tertiary/aromatic N) is 2. The van der Waals surface area contributed by atoms with Crippen LogP contribution in [0.15, 0.2) is 54.7 Å². The quantitative estimate of drug-likeness (QED) is 0.297. The van der Waals surface area contributed by atoms with Gasteiger partial charge in [-0.25, -0.2) is 13.8 Å². The van der Waals surface area contributed by atoms with E-state index in [4.69, 9.17) is 15.2 Å². The zero-order valence-electron chi connectivity index (χ0n) is 17.9. The molecule has 0 aliphatic rings. The van der Waals surface area contributed by atoms with E-state index in [1.165, 1.54) is 12.3 Å². The number of aromatic nitrogens is 2. The summed E-state index contributed by atoms with van der Waals surface area (Å²) >= 11 is 0. The number of nitrogens with one attached hydrogen (secondary N) is 1. The molecule has 0 saturated carbocycles. The molecular formula is C24H19F3N4O3. The monoisotopic (exact) mass is 468 g/mol. The number of ether oxygens (including phenoxy) is 2. The van der Waals surface area contributed by atoms with Crippen molar-refractivity contribution in [1.82, 2.24) is 15.3 Å². The van der Waals surface area contributed by atoms with Crippen molar-refractivity contribution in [2.75, 3.05) is 20.2 Å². The molecule has 174 valence electrons. The number of carbonyl (C=O) groups excluding carboxylic acids is 1. The third kappa shape index (κ3) is 4.76. The Kier molecular flexibility index (Phi) is 6.60. The average Bonchev–Trinajstić information content (AvgIpc) is 2.81. The van der Waals surface area contributed by atoms with Gasteiger partial charge in [-0.05, 0) is 49.5 Å². The summed E-state index contributed by atoms with van der Waals surface area (Å²) < 4.78 is 54.6. The molecule has 4 aromatic rings. The Morgan fingerprint density at radius 2 is 1.82 bits per heavy atom. The molecule has 1 amide bonds. The van der Waals surface area contributed by atoms with Crippen LogP contribution in [0, 0.1) is 17.6 Å². The fraction of sp³-hybridized carbons (Fsp3) is 0.125. The van der Waals surface area contributed by atoms with Gasteiger partial charge in [-0.15, -0.1) is 0 Å². The highest BCUT2D eigenvalue weighted by molar-refractivity contribution is 5.98. The third-order valence-electron chi connectivity index (χ3n) is 4.91. The van der Waals surface area contributed by atoms with Crippen molar-refractivity contribution < 1.29 is 27.4 Å². The van der Waals surface area contributed by atoms with Crippen molar-refractivity contribution in [3.8, 4) is 28.5 Å². The van der Waals surface area contributed by atoms with Gasteiger partial charge < -0.3 is 20.5 Å². The highest BCUT2D eigenvalue weighted by Gasteiger charge is 2.20. The summed E-state index contributed by atoms with van der Waals surface area (Å²) in [4.78, 5) is 19.5. The minimum Gasteiger partial charge on any atom is -0.492 e. The van der Waals surface area contributed by atoms with E-state index in [0.29, 0.717) is 29.8 Å². The topological polar surface area (TPSA) is 99.4 Å². The van der Waals surface area contributed by atoms with Gasteiger partial charge in [0.2, 0.25) is 5.95 Å². The molecule has 0 aliphatic heterocycles. The van der Waals surface area contributed by atoms with E-state index in [1.54, 1.807) is 18.2 Å². The fourth-order valence-corrected chi connectivity index (χ4v) is 3.31. The van der Waals surface area contributed by atoms with Crippen molar-refractivity contribution >= 4 is 16.8 Å². The zero-order chi connectivity index (χ0) is 24.2. The molecule has 0 radical (unpaired) electrons. The van der Waals surface area contributed by atoms with Gasteiger partial charge in [-0.3, -0.25) is 9.78 Å². The highest BCUT2D eigenvalue weighted by atomic mass is 19.1. The van der Waals surface area contributed by atoms with E-state index < -0.39 is 29.2 Å². The first kappa shape index (κ1) is 23.0. The van der Waals surface area contributed by atoms with Crippen LogP contribution in [0.2, 0.25) is 0 Å². The van der Waals surface area contributed by atoms with E-state index in [9.17, 15) is 18.0 Å². The van der Waals surface area contributed by atoms with Gasteiger partial charge in [-0.2, -0.15) is 4.39 Å². The van der Waals surface area contributed by atoms with E-state index in [0.717, 1.165) is 24.3 Å². The summed E-state index contributed by atoms with van der Waals surface area (Å²) in [6.07, 6.45) is 1.44. The van der Waals surface area contributed by atoms with Crippen LogP contribution in [-0.2, 0) is 0 Å². The molecule has 0 atom stereocenters. The van der Waals surface area contributed by atoms with E-state index in [-0.39, 0.29) is 22.6 Å². The second-order valence-electron chi connectivity index (χ2n) is 7.21. The first-order chi connectivity index (χ1) is 16.4. The molecule has 0 saturated heterocycles. The Labute approximate surface area is 192 Å². The Morgan fingerprint density at radius 1 is 1.06 bits per heavy atom. The van der Waals surface area contributed by atoms with Crippen LogP contribution < -0.4 is 20.5 Å². The van der Waals surface area contributed by atoms with Gasteiger partial charge in [0.05, 0.1) is 16.8 Å². The smallest absolute Gasteiger partial charge is 0.250 e. The molecular weight excluding hydrogens is 449 g/mol. The number of nitrogens with two attached hydrogens (primary N) is 1. The molecule has 0 spiro atoms. The SMILES string of the molecule is CNCCOc1ccc2c(Oc3c(F)cc(-c4nc(F)ccc4C(N)=O)cc3F)ccnc2c1. The number of carbonyl (C=O) groups is 1. The molecule has 34 heavy (non-hydrogen) atoms. The van der Waals surface area contributed by atoms with Gasteiger partial charge in [0.15, 0.2) is 17.4 Å². The van der Waals surface area contributed by atoms with Crippen LogP contribution >= 0.6 is 0 Å². The number of likely N-dealkylation sites (N-methyl/N-ethyl adjacent to an activating group) is 1. The normalized spacial score (nSPS) is 10.9. The zero-order valence-corrected chi connectivity index (χ0v) is 17.9. The molecule has 0 bridgehead atoms. The van der Waals surface area contributed by atoms with Gasteiger partial charge in [0.1, 0.15) is 18.1 Å².